The van der Waals surface area contributed by atoms with Crippen LogP contribution in [0.4, 0.5) is 17.2 Å². The van der Waals surface area contributed by atoms with Crippen molar-refractivity contribution in [1.29, 1.82) is 0 Å². The number of amides is 1. The van der Waals surface area contributed by atoms with Gasteiger partial charge in [-0.15, -0.1) is 5.10 Å². The van der Waals surface area contributed by atoms with E-state index in [0.29, 0.717) is 23.7 Å². The maximum Gasteiger partial charge on any atom is 0.271 e. The Kier molecular flexibility index (Phi) is 5.07. The largest absolute Gasteiger partial charge is 0.385 e. The van der Waals surface area contributed by atoms with Crippen LogP contribution >= 0.6 is 0 Å². The van der Waals surface area contributed by atoms with Crippen molar-refractivity contribution in [2.24, 2.45) is 0 Å². The lowest BCUT2D eigenvalue weighted by molar-refractivity contribution is 0.0944. The van der Waals surface area contributed by atoms with Crippen molar-refractivity contribution < 1.29 is 4.79 Å². The van der Waals surface area contributed by atoms with Gasteiger partial charge in [0, 0.05) is 31.9 Å². The lowest BCUT2D eigenvalue weighted by atomic mass is 10.3. The van der Waals surface area contributed by atoms with Crippen LogP contribution in [0.5, 0.6) is 0 Å². The van der Waals surface area contributed by atoms with E-state index in [1.54, 1.807) is 16.9 Å². The molecular formula is C19H24N8O. The minimum absolute atomic E-state index is 0.157. The highest BCUT2D eigenvalue weighted by Crippen LogP contribution is 2.24. The highest BCUT2D eigenvalue weighted by atomic mass is 16.2. The van der Waals surface area contributed by atoms with Crippen molar-refractivity contribution in [3.63, 3.8) is 0 Å². The van der Waals surface area contributed by atoms with Gasteiger partial charge in [-0.3, -0.25) is 9.78 Å². The first kappa shape index (κ1) is 18.2. The summed E-state index contributed by atoms with van der Waals surface area (Å²) in [5, 5.41) is 17.3. The molecule has 28 heavy (non-hydrogen) atoms. The Morgan fingerprint density at radius 1 is 1.29 bits per heavy atom. The number of hydrogen-bond acceptors (Lipinski definition) is 7. The lowest BCUT2D eigenvalue weighted by Gasteiger charge is -2.13. The number of carbonyl (C=O) groups is 1. The van der Waals surface area contributed by atoms with Crippen LogP contribution in [0.15, 0.2) is 30.6 Å². The zero-order valence-electron chi connectivity index (χ0n) is 16.0. The molecule has 0 atom stereocenters. The molecule has 1 aliphatic rings. The summed E-state index contributed by atoms with van der Waals surface area (Å²) in [5.74, 6) is 0.442. The molecule has 1 fully saturated rings. The molecule has 3 heterocycles. The van der Waals surface area contributed by atoms with Crippen LogP contribution in [-0.4, -0.2) is 45.1 Å². The fourth-order valence-corrected chi connectivity index (χ4v) is 2.93. The summed E-state index contributed by atoms with van der Waals surface area (Å²) in [6, 6.07) is 5.97. The van der Waals surface area contributed by atoms with Crippen LogP contribution in [0.2, 0.25) is 0 Å². The summed E-state index contributed by atoms with van der Waals surface area (Å²) < 4.78 is 1.58. The molecule has 0 aliphatic heterocycles. The summed E-state index contributed by atoms with van der Waals surface area (Å²) in [7, 11) is 1.82. The maximum absolute atomic E-state index is 12.5. The number of carbonyl (C=O) groups excluding carboxylic acids is 1. The number of nitrogens with one attached hydrogen (secondary N) is 4. The zero-order chi connectivity index (χ0) is 19.5. The molecule has 146 valence electrons. The Bertz CT molecular complexity index is 995. The van der Waals surface area contributed by atoms with E-state index >= 15 is 0 Å². The number of pyridine rings is 1. The highest BCUT2D eigenvalue weighted by Gasteiger charge is 2.26. The van der Waals surface area contributed by atoms with E-state index < -0.39 is 0 Å². The predicted molar refractivity (Wildman–Crippen MR) is 108 cm³/mol. The smallest absolute Gasteiger partial charge is 0.271 e. The van der Waals surface area contributed by atoms with Crippen LogP contribution in [0.3, 0.4) is 0 Å². The Balaban J connectivity index is 1.68. The number of fused-ring (bicyclic) bond motifs is 1. The molecule has 0 bridgehead atoms. The summed E-state index contributed by atoms with van der Waals surface area (Å²) in [6.45, 7) is 3.57. The first-order chi connectivity index (χ1) is 13.7. The molecule has 0 saturated heterocycles. The average molecular weight is 380 g/mol. The normalized spacial score (nSPS) is 13.5. The number of nitrogens with zero attached hydrogens (tertiary/aromatic N) is 4. The van der Waals surface area contributed by atoms with E-state index in [0.717, 1.165) is 36.5 Å². The highest BCUT2D eigenvalue weighted by molar-refractivity contribution is 5.94. The molecule has 0 aromatic carbocycles. The molecule has 0 radical (unpaired) electrons. The van der Waals surface area contributed by atoms with Crippen molar-refractivity contribution in [2.75, 3.05) is 24.2 Å². The van der Waals surface area contributed by atoms with Crippen LogP contribution < -0.4 is 21.3 Å². The van der Waals surface area contributed by atoms with E-state index in [1.807, 2.05) is 25.2 Å². The molecule has 9 nitrogen and oxygen atoms in total. The van der Waals surface area contributed by atoms with Crippen molar-refractivity contribution in [3.8, 4) is 0 Å². The summed E-state index contributed by atoms with van der Waals surface area (Å²) in [4.78, 5) is 21.4. The molecule has 4 N–H and O–H groups in total. The van der Waals surface area contributed by atoms with Crippen LogP contribution in [0, 0.1) is 0 Å². The van der Waals surface area contributed by atoms with E-state index in [9.17, 15) is 4.79 Å². The van der Waals surface area contributed by atoms with Gasteiger partial charge in [-0.1, -0.05) is 6.92 Å². The maximum atomic E-state index is 12.5. The van der Waals surface area contributed by atoms with Gasteiger partial charge in [-0.25, -0.2) is 9.50 Å². The quantitative estimate of drug-likeness (QED) is 0.473. The topological polar surface area (TPSA) is 108 Å². The monoisotopic (exact) mass is 380 g/mol. The van der Waals surface area contributed by atoms with Gasteiger partial charge in [0.2, 0.25) is 0 Å². The fourth-order valence-electron chi connectivity index (χ4n) is 2.93. The third-order valence-corrected chi connectivity index (χ3v) is 4.58. The first-order valence-electron chi connectivity index (χ1n) is 9.48. The molecule has 0 spiro atoms. The van der Waals surface area contributed by atoms with Gasteiger partial charge in [0.1, 0.15) is 0 Å². The SMILES string of the molecule is CCNCc1ncccc1Nc1cc(NC)c2ncc(C(=O)NC3CC3)n2n1. The summed E-state index contributed by atoms with van der Waals surface area (Å²) >= 11 is 0. The van der Waals surface area contributed by atoms with Crippen LogP contribution in [-0.2, 0) is 6.54 Å². The van der Waals surface area contributed by atoms with Gasteiger partial charge in [0.15, 0.2) is 17.2 Å². The Labute approximate surface area is 163 Å². The molecule has 3 aromatic heterocycles. The van der Waals surface area contributed by atoms with Gasteiger partial charge >= 0.3 is 0 Å². The van der Waals surface area contributed by atoms with E-state index in [1.165, 1.54) is 0 Å². The molecule has 1 saturated carbocycles. The number of imidazole rings is 1. The van der Waals surface area contributed by atoms with Crippen molar-refractivity contribution in [1.82, 2.24) is 30.2 Å². The molecule has 1 amide bonds. The van der Waals surface area contributed by atoms with Crippen molar-refractivity contribution in [3.05, 3.63) is 42.0 Å². The fraction of sp³-hybridized carbons (Fsp3) is 0.368. The van der Waals surface area contributed by atoms with E-state index in [2.05, 4.69) is 43.3 Å². The number of aromatic nitrogens is 4. The molecule has 3 aromatic rings. The third-order valence-electron chi connectivity index (χ3n) is 4.58. The minimum atomic E-state index is -0.157. The van der Waals surface area contributed by atoms with Gasteiger partial charge in [0.25, 0.3) is 5.91 Å². The van der Waals surface area contributed by atoms with Crippen LogP contribution in [0.1, 0.15) is 35.9 Å². The first-order valence-corrected chi connectivity index (χ1v) is 9.48. The Morgan fingerprint density at radius 2 is 2.14 bits per heavy atom. The number of rotatable bonds is 8. The lowest BCUT2D eigenvalue weighted by Crippen LogP contribution is -2.27. The predicted octanol–water partition coefficient (Wildman–Crippen LogP) is 1.91. The third kappa shape index (κ3) is 3.74. The van der Waals surface area contributed by atoms with Gasteiger partial charge < -0.3 is 21.3 Å². The zero-order valence-corrected chi connectivity index (χ0v) is 16.0. The molecule has 1 aliphatic carbocycles. The average Bonchev–Trinajstić information content (AvgIpc) is 3.42. The molecule has 9 heteroatoms. The molecule has 0 unspecified atom stereocenters. The van der Waals surface area contributed by atoms with Crippen molar-refractivity contribution >= 4 is 28.7 Å². The van der Waals surface area contributed by atoms with Gasteiger partial charge in [0.05, 0.1) is 23.3 Å². The van der Waals surface area contributed by atoms with E-state index in [-0.39, 0.29) is 11.9 Å². The van der Waals surface area contributed by atoms with Crippen molar-refractivity contribution in [2.45, 2.75) is 32.4 Å². The second-order valence-corrected chi connectivity index (χ2v) is 6.72. The summed E-state index contributed by atoms with van der Waals surface area (Å²) in [6.07, 6.45) is 5.38. The Morgan fingerprint density at radius 3 is 2.89 bits per heavy atom. The second-order valence-electron chi connectivity index (χ2n) is 6.72. The Hall–Kier alpha value is -3.20. The summed E-state index contributed by atoms with van der Waals surface area (Å²) in [5.41, 5.74) is 3.56. The molecular weight excluding hydrogens is 356 g/mol. The number of anilines is 3. The van der Waals surface area contributed by atoms with Gasteiger partial charge in [-0.2, -0.15) is 0 Å². The number of hydrogen-bond donors (Lipinski definition) is 4. The molecule has 4 rings (SSSR count). The standard InChI is InChI=1S/C19H24N8O/c1-3-21-10-15-13(5-4-8-22-15)25-17-9-14(20-2)18-23-11-16(27(18)26-17)19(28)24-12-6-7-12/h4-5,8-9,11-12,20-21H,3,6-7,10H2,1-2H3,(H,24,28)(H,25,26). The minimum Gasteiger partial charge on any atom is -0.385 e. The second kappa shape index (κ2) is 7.81. The van der Waals surface area contributed by atoms with Crippen LogP contribution in [0.25, 0.3) is 5.65 Å². The van der Waals surface area contributed by atoms with E-state index in [4.69, 9.17) is 0 Å². The van der Waals surface area contributed by atoms with Gasteiger partial charge in [-0.05, 0) is 31.5 Å².